The highest BCUT2D eigenvalue weighted by atomic mass is 16.1. The molecule has 1 rings (SSSR count). The molecule has 16 heavy (non-hydrogen) atoms. The summed E-state index contributed by atoms with van der Waals surface area (Å²) in [6.07, 6.45) is 0.967. The summed E-state index contributed by atoms with van der Waals surface area (Å²) < 4.78 is 0. The molecule has 3 nitrogen and oxygen atoms in total. The van der Waals surface area contributed by atoms with Gasteiger partial charge in [0.05, 0.1) is 0 Å². The molecule has 0 fully saturated rings. The van der Waals surface area contributed by atoms with Crippen molar-refractivity contribution in [1.82, 2.24) is 4.90 Å². The molecule has 1 atom stereocenters. The van der Waals surface area contributed by atoms with E-state index in [1.54, 1.807) is 0 Å². The summed E-state index contributed by atoms with van der Waals surface area (Å²) in [4.78, 5) is 12.8. The van der Waals surface area contributed by atoms with Crippen LogP contribution in [-0.2, 0) is 4.79 Å². The second-order valence-corrected chi connectivity index (χ2v) is 4.28. The molecule has 0 saturated heterocycles. The fourth-order valence-electron chi connectivity index (χ4n) is 1.41. The van der Waals surface area contributed by atoms with E-state index in [0.717, 1.165) is 30.6 Å². The number of anilines is 1. The average molecular weight is 220 g/mol. The van der Waals surface area contributed by atoms with Crippen LogP contribution in [0.1, 0.15) is 18.4 Å². The summed E-state index contributed by atoms with van der Waals surface area (Å²) in [6, 6.07) is 8.03. The number of benzene rings is 1. The molecule has 0 aliphatic rings. The van der Waals surface area contributed by atoms with E-state index < -0.39 is 0 Å². The van der Waals surface area contributed by atoms with Crippen LogP contribution in [-0.4, -0.2) is 38.4 Å². The number of nitrogens with zero attached hydrogens (tertiary/aromatic N) is 1. The Morgan fingerprint density at radius 1 is 1.31 bits per heavy atom. The molecular weight excluding hydrogens is 200 g/mol. The minimum absolute atomic E-state index is 0.0178. The Kier molecular flexibility index (Phi) is 4.99. The third-order valence-corrected chi connectivity index (χ3v) is 2.53. The lowest BCUT2D eigenvalue weighted by atomic mass is 10.0. The number of carbonyl (C=O) groups excluding carboxylic acids is 1. The topological polar surface area (TPSA) is 32.3 Å². The molecular formula is C13H20N2O. The molecule has 0 aliphatic carbocycles. The Morgan fingerprint density at radius 2 is 1.94 bits per heavy atom. The zero-order chi connectivity index (χ0) is 12.0. The van der Waals surface area contributed by atoms with Crippen molar-refractivity contribution in [3.05, 3.63) is 29.8 Å². The molecule has 0 amide bonds. The predicted octanol–water partition coefficient (Wildman–Crippen LogP) is 1.96. The molecule has 3 heteroatoms. The van der Waals surface area contributed by atoms with Gasteiger partial charge in [0, 0.05) is 24.7 Å². The van der Waals surface area contributed by atoms with Crippen LogP contribution in [0.3, 0.4) is 0 Å². The van der Waals surface area contributed by atoms with Crippen LogP contribution in [0.2, 0.25) is 0 Å². The monoisotopic (exact) mass is 220 g/mol. The van der Waals surface area contributed by atoms with E-state index in [1.165, 1.54) is 0 Å². The summed E-state index contributed by atoms with van der Waals surface area (Å²) in [5, 5.41) is 3.33. The second kappa shape index (κ2) is 6.28. The van der Waals surface area contributed by atoms with Crippen molar-refractivity contribution in [2.75, 3.05) is 32.5 Å². The van der Waals surface area contributed by atoms with E-state index in [-0.39, 0.29) is 5.92 Å². The minimum Gasteiger partial charge on any atom is -0.384 e. The maximum Gasteiger partial charge on any atom is 0.127 e. The zero-order valence-corrected chi connectivity index (χ0v) is 10.2. The van der Waals surface area contributed by atoms with Gasteiger partial charge < -0.3 is 15.0 Å². The van der Waals surface area contributed by atoms with Gasteiger partial charge in [-0.1, -0.05) is 19.1 Å². The van der Waals surface area contributed by atoms with Crippen LogP contribution in [0.5, 0.6) is 0 Å². The third kappa shape index (κ3) is 4.03. The van der Waals surface area contributed by atoms with Crippen molar-refractivity contribution in [3.63, 3.8) is 0 Å². The maximum absolute atomic E-state index is 10.6. The van der Waals surface area contributed by atoms with Gasteiger partial charge in [-0.3, -0.25) is 0 Å². The van der Waals surface area contributed by atoms with Crippen LogP contribution in [0, 0.1) is 0 Å². The van der Waals surface area contributed by atoms with Crippen molar-refractivity contribution >= 4 is 12.0 Å². The molecule has 0 heterocycles. The molecule has 0 aromatic heterocycles. The molecule has 1 aromatic carbocycles. The number of hydrogen-bond donors (Lipinski definition) is 1. The highest BCUT2D eigenvalue weighted by Crippen LogP contribution is 2.15. The van der Waals surface area contributed by atoms with Gasteiger partial charge in [0.1, 0.15) is 6.29 Å². The zero-order valence-electron chi connectivity index (χ0n) is 10.2. The summed E-state index contributed by atoms with van der Waals surface area (Å²) in [5.74, 6) is -0.0178. The Labute approximate surface area is 97.5 Å². The lowest BCUT2D eigenvalue weighted by Gasteiger charge is -2.12. The quantitative estimate of drug-likeness (QED) is 0.744. The molecule has 0 spiro atoms. The smallest absolute Gasteiger partial charge is 0.127 e. The second-order valence-electron chi connectivity index (χ2n) is 4.28. The van der Waals surface area contributed by atoms with E-state index >= 15 is 0 Å². The fourth-order valence-corrected chi connectivity index (χ4v) is 1.41. The lowest BCUT2D eigenvalue weighted by Crippen LogP contribution is -2.20. The van der Waals surface area contributed by atoms with Gasteiger partial charge in [-0.05, 0) is 31.8 Å². The molecule has 0 radical (unpaired) electrons. The van der Waals surface area contributed by atoms with E-state index in [2.05, 4.69) is 24.3 Å². The van der Waals surface area contributed by atoms with Crippen LogP contribution in [0.4, 0.5) is 5.69 Å². The van der Waals surface area contributed by atoms with Crippen LogP contribution >= 0.6 is 0 Å². The minimum atomic E-state index is -0.0178. The molecule has 88 valence electrons. The van der Waals surface area contributed by atoms with Crippen molar-refractivity contribution in [3.8, 4) is 0 Å². The van der Waals surface area contributed by atoms with Crippen molar-refractivity contribution in [1.29, 1.82) is 0 Å². The first kappa shape index (κ1) is 12.7. The normalized spacial score (nSPS) is 12.5. The Hall–Kier alpha value is -1.35. The molecule has 0 saturated carbocycles. The van der Waals surface area contributed by atoms with E-state index in [1.807, 2.05) is 31.2 Å². The number of nitrogens with one attached hydrogen (secondary N) is 1. The molecule has 1 N–H and O–H groups in total. The van der Waals surface area contributed by atoms with Gasteiger partial charge in [-0.2, -0.15) is 0 Å². The van der Waals surface area contributed by atoms with Gasteiger partial charge >= 0.3 is 0 Å². The first-order valence-corrected chi connectivity index (χ1v) is 5.57. The van der Waals surface area contributed by atoms with Crippen molar-refractivity contribution < 1.29 is 4.79 Å². The number of likely N-dealkylation sites (N-methyl/N-ethyl adjacent to an activating group) is 1. The molecule has 1 aromatic rings. The number of hydrogen-bond acceptors (Lipinski definition) is 3. The van der Waals surface area contributed by atoms with Crippen LogP contribution in [0.25, 0.3) is 0 Å². The predicted molar refractivity (Wildman–Crippen MR) is 68.0 cm³/mol. The molecule has 0 bridgehead atoms. The summed E-state index contributed by atoms with van der Waals surface area (Å²) >= 11 is 0. The summed E-state index contributed by atoms with van der Waals surface area (Å²) in [6.45, 7) is 3.84. The van der Waals surface area contributed by atoms with E-state index in [4.69, 9.17) is 0 Å². The van der Waals surface area contributed by atoms with Crippen molar-refractivity contribution in [2.45, 2.75) is 12.8 Å². The Morgan fingerprint density at radius 3 is 2.44 bits per heavy atom. The molecule has 1 unspecified atom stereocenters. The van der Waals surface area contributed by atoms with Crippen LogP contribution in [0.15, 0.2) is 24.3 Å². The first-order valence-electron chi connectivity index (χ1n) is 5.57. The van der Waals surface area contributed by atoms with Gasteiger partial charge in [0.25, 0.3) is 0 Å². The average Bonchev–Trinajstić information content (AvgIpc) is 2.28. The van der Waals surface area contributed by atoms with Gasteiger partial charge in [-0.15, -0.1) is 0 Å². The third-order valence-electron chi connectivity index (χ3n) is 2.53. The largest absolute Gasteiger partial charge is 0.384 e. The van der Waals surface area contributed by atoms with Gasteiger partial charge in [0.2, 0.25) is 0 Å². The first-order chi connectivity index (χ1) is 7.63. The highest BCUT2D eigenvalue weighted by molar-refractivity contribution is 5.62. The number of aldehydes is 1. The Balaban J connectivity index is 2.48. The number of rotatable bonds is 6. The number of carbonyl (C=O) groups is 1. The Bertz CT molecular complexity index is 319. The van der Waals surface area contributed by atoms with Gasteiger partial charge in [-0.25, -0.2) is 0 Å². The SMILES string of the molecule is CC(C=O)c1ccc(NCCN(C)C)cc1. The lowest BCUT2D eigenvalue weighted by molar-refractivity contribution is -0.108. The summed E-state index contributed by atoms with van der Waals surface area (Å²) in [7, 11) is 4.10. The van der Waals surface area contributed by atoms with E-state index in [0.29, 0.717) is 0 Å². The van der Waals surface area contributed by atoms with E-state index in [9.17, 15) is 4.79 Å². The molecule has 0 aliphatic heterocycles. The fraction of sp³-hybridized carbons (Fsp3) is 0.462. The van der Waals surface area contributed by atoms with Crippen molar-refractivity contribution in [2.24, 2.45) is 0 Å². The maximum atomic E-state index is 10.6. The van der Waals surface area contributed by atoms with Crippen LogP contribution < -0.4 is 5.32 Å². The standard InChI is InChI=1S/C13H20N2O/c1-11(10-16)12-4-6-13(7-5-12)14-8-9-15(2)3/h4-7,10-11,14H,8-9H2,1-3H3. The van der Waals surface area contributed by atoms with Gasteiger partial charge in [0.15, 0.2) is 0 Å². The highest BCUT2D eigenvalue weighted by Gasteiger charge is 2.02. The summed E-state index contributed by atoms with van der Waals surface area (Å²) in [5.41, 5.74) is 2.16.